The largest absolute Gasteiger partial charge is 0.343 e. The van der Waals surface area contributed by atoms with Gasteiger partial charge in [-0.3, -0.25) is 14.5 Å². The molecule has 0 saturated carbocycles. The molecular formula is C12H12Cl2N2O2. The quantitative estimate of drug-likeness (QED) is 0.906. The zero-order chi connectivity index (χ0) is 13.3. The maximum atomic E-state index is 12.2. The summed E-state index contributed by atoms with van der Waals surface area (Å²) in [5.74, 6) is -0.362. The summed E-state index contributed by atoms with van der Waals surface area (Å²) in [4.78, 5) is 25.1. The molecule has 1 aromatic rings. The Bertz CT molecular complexity index is 505. The average molecular weight is 287 g/mol. The van der Waals surface area contributed by atoms with Crippen molar-refractivity contribution >= 4 is 40.7 Å². The highest BCUT2D eigenvalue weighted by Crippen LogP contribution is 2.30. The number of halogens is 2. The van der Waals surface area contributed by atoms with E-state index in [1.807, 2.05) is 6.92 Å². The van der Waals surface area contributed by atoms with Crippen LogP contribution in [0.2, 0.25) is 10.0 Å². The van der Waals surface area contributed by atoms with Gasteiger partial charge in [0.25, 0.3) is 0 Å². The number of hydrogen-bond donors (Lipinski definition) is 1. The van der Waals surface area contributed by atoms with Crippen molar-refractivity contribution in [3.05, 3.63) is 28.2 Å². The standard InChI is InChI=1S/C12H12Cl2N2O2/c1-2-9-12(18)16(6-11(17)15-9)10-5-7(13)3-4-8(10)14/h3-5,9H,2,6H2,1H3,(H,15,17). The zero-order valence-corrected chi connectivity index (χ0v) is 11.3. The second-order valence-electron chi connectivity index (χ2n) is 4.05. The van der Waals surface area contributed by atoms with E-state index in [1.165, 1.54) is 4.90 Å². The van der Waals surface area contributed by atoms with Crippen molar-refractivity contribution in [1.29, 1.82) is 0 Å². The monoisotopic (exact) mass is 286 g/mol. The summed E-state index contributed by atoms with van der Waals surface area (Å²) in [6, 6.07) is 4.34. The van der Waals surface area contributed by atoms with Crippen LogP contribution in [0, 0.1) is 0 Å². The topological polar surface area (TPSA) is 49.4 Å². The highest BCUT2D eigenvalue weighted by molar-refractivity contribution is 6.36. The minimum Gasteiger partial charge on any atom is -0.343 e. The van der Waals surface area contributed by atoms with Gasteiger partial charge in [0.2, 0.25) is 11.8 Å². The first kappa shape index (κ1) is 13.2. The van der Waals surface area contributed by atoms with E-state index in [1.54, 1.807) is 18.2 Å². The third kappa shape index (κ3) is 2.44. The fraction of sp³-hybridized carbons (Fsp3) is 0.333. The maximum Gasteiger partial charge on any atom is 0.250 e. The smallest absolute Gasteiger partial charge is 0.250 e. The number of piperazine rings is 1. The van der Waals surface area contributed by atoms with E-state index in [-0.39, 0.29) is 18.4 Å². The van der Waals surface area contributed by atoms with E-state index in [2.05, 4.69) is 5.32 Å². The highest BCUT2D eigenvalue weighted by atomic mass is 35.5. The lowest BCUT2D eigenvalue weighted by molar-refractivity contribution is -0.131. The van der Waals surface area contributed by atoms with Gasteiger partial charge in [-0.25, -0.2) is 0 Å². The average Bonchev–Trinajstić information content (AvgIpc) is 2.35. The van der Waals surface area contributed by atoms with Crippen molar-refractivity contribution in [2.45, 2.75) is 19.4 Å². The second kappa shape index (κ2) is 5.16. The van der Waals surface area contributed by atoms with Crippen LogP contribution in [-0.2, 0) is 9.59 Å². The second-order valence-corrected chi connectivity index (χ2v) is 4.89. The fourth-order valence-electron chi connectivity index (χ4n) is 1.88. The molecule has 0 spiro atoms. The molecule has 4 nitrogen and oxygen atoms in total. The molecule has 1 aliphatic rings. The van der Waals surface area contributed by atoms with Crippen LogP contribution in [0.3, 0.4) is 0 Å². The van der Waals surface area contributed by atoms with Crippen LogP contribution in [-0.4, -0.2) is 24.4 Å². The van der Waals surface area contributed by atoms with Gasteiger partial charge in [0, 0.05) is 5.02 Å². The van der Waals surface area contributed by atoms with Crippen LogP contribution in [0.5, 0.6) is 0 Å². The van der Waals surface area contributed by atoms with Crippen molar-refractivity contribution in [1.82, 2.24) is 5.32 Å². The van der Waals surface area contributed by atoms with Crippen LogP contribution >= 0.6 is 23.2 Å². The Morgan fingerprint density at radius 2 is 2.11 bits per heavy atom. The third-order valence-electron chi connectivity index (χ3n) is 2.81. The molecule has 18 heavy (non-hydrogen) atoms. The minimum atomic E-state index is -0.499. The molecule has 0 aliphatic carbocycles. The predicted octanol–water partition coefficient (Wildman–Crippen LogP) is 2.23. The Balaban J connectivity index is 2.39. The Morgan fingerprint density at radius 1 is 1.39 bits per heavy atom. The lowest BCUT2D eigenvalue weighted by atomic mass is 10.1. The first-order valence-corrected chi connectivity index (χ1v) is 6.34. The summed E-state index contributed by atoms with van der Waals surface area (Å²) < 4.78 is 0. The van der Waals surface area contributed by atoms with Crippen molar-refractivity contribution in [2.24, 2.45) is 0 Å². The lowest BCUT2D eigenvalue weighted by Gasteiger charge is -2.32. The molecule has 0 radical (unpaired) electrons. The highest BCUT2D eigenvalue weighted by Gasteiger charge is 2.33. The summed E-state index contributed by atoms with van der Waals surface area (Å²) in [5, 5.41) is 3.52. The Morgan fingerprint density at radius 3 is 2.78 bits per heavy atom. The first-order valence-electron chi connectivity index (χ1n) is 5.58. The minimum absolute atomic E-state index is 0.0323. The number of amides is 2. The number of anilines is 1. The van der Waals surface area contributed by atoms with Gasteiger partial charge in [0.15, 0.2) is 0 Å². The molecule has 2 rings (SSSR count). The van der Waals surface area contributed by atoms with E-state index in [0.29, 0.717) is 22.2 Å². The number of nitrogens with zero attached hydrogens (tertiary/aromatic N) is 1. The summed E-state index contributed by atoms with van der Waals surface area (Å²) >= 11 is 11.9. The molecule has 1 aromatic carbocycles. The molecule has 6 heteroatoms. The third-order valence-corrected chi connectivity index (χ3v) is 3.36. The fourth-order valence-corrected chi connectivity index (χ4v) is 2.27. The number of hydrogen-bond acceptors (Lipinski definition) is 2. The van der Waals surface area contributed by atoms with Gasteiger partial charge in [-0.05, 0) is 24.6 Å². The molecule has 1 unspecified atom stereocenters. The van der Waals surface area contributed by atoms with Gasteiger partial charge in [-0.15, -0.1) is 0 Å². The van der Waals surface area contributed by atoms with Crippen LogP contribution in [0.15, 0.2) is 18.2 Å². The molecule has 1 saturated heterocycles. The molecule has 1 aliphatic heterocycles. The number of benzene rings is 1. The number of carbonyl (C=O) groups excluding carboxylic acids is 2. The van der Waals surface area contributed by atoms with Crippen LogP contribution in [0.25, 0.3) is 0 Å². The van der Waals surface area contributed by atoms with Crippen LogP contribution in [0.4, 0.5) is 5.69 Å². The molecule has 2 amide bonds. The van der Waals surface area contributed by atoms with Crippen molar-refractivity contribution in [3.8, 4) is 0 Å². The molecule has 1 N–H and O–H groups in total. The Labute approximate surface area is 115 Å². The van der Waals surface area contributed by atoms with Crippen molar-refractivity contribution in [2.75, 3.05) is 11.4 Å². The van der Waals surface area contributed by atoms with E-state index in [0.717, 1.165) is 0 Å². The summed E-state index contributed by atoms with van der Waals surface area (Å²) in [5.41, 5.74) is 0.475. The number of nitrogens with one attached hydrogen (secondary N) is 1. The van der Waals surface area contributed by atoms with Crippen molar-refractivity contribution < 1.29 is 9.59 Å². The van der Waals surface area contributed by atoms with E-state index in [4.69, 9.17) is 23.2 Å². The van der Waals surface area contributed by atoms with E-state index >= 15 is 0 Å². The Hall–Kier alpha value is -1.26. The molecule has 1 fully saturated rings. The molecule has 1 atom stereocenters. The molecule has 0 aromatic heterocycles. The van der Waals surface area contributed by atoms with Crippen molar-refractivity contribution in [3.63, 3.8) is 0 Å². The molecular weight excluding hydrogens is 275 g/mol. The van der Waals surface area contributed by atoms with Gasteiger partial charge in [0.05, 0.1) is 10.7 Å². The molecule has 0 bridgehead atoms. The summed E-state index contributed by atoms with van der Waals surface area (Å²) in [6.07, 6.45) is 0.541. The first-order chi connectivity index (χ1) is 8.52. The Kier molecular flexibility index (Phi) is 3.78. The van der Waals surface area contributed by atoms with Gasteiger partial charge >= 0.3 is 0 Å². The number of rotatable bonds is 2. The predicted molar refractivity (Wildman–Crippen MR) is 71.0 cm³/mol. The lowest BCUT2D eigenvalue weighted by Crippen LogP contribution is -2.58. The van der Waals surface area contributed by atoms with E-state index in [9.17, 15) is 9.59 Å². The van der Waals surface area contributed by atoms with Gasteiger partial charge in [-0.2, -0.15) is 0 Å². The molecule has 1 heterocycles. The maximum absolute atomic E-state index is 12.2. The van der Waals surface area contributed by atoms with Crippen LogP contribution < -0.4 is 10.2 Å². The number of carbonyl (C=O) groups is 2. The molecule has 96 valence electrons. The van der Waals surface area contributed by atoms with Gasteiger partial charge in [-0.1, -0.05) is 30.1 Å². The van der Waals surface area contributed by atoms with Crippen LogP contribution in [0.1, 0.15) is 13.3 Å². The van der Waals surface area contributed by atoms with Gasteiger partial charge in [0.1, 0.15) is 12.6 Å². The van der Waals surface area contributed by atoms with E-state index < -0.39 is 6.04 Å². The van der Waals surface area contributed by atoms with Gasteiger partial charge < -0.3 is 5.32 Å². The summed E-state index contributed by atoms with van der Waals surface area (Å²) in [7, 11) is 0. The SMILES string of the molecule is CCC1NC(=O)CN(c2cc(Cl)ccc2Cl)C1=O. The summed E-state index contributed by atoms with van der Waals surface area (Å²) in [6.45, 7) is 1.81. The zero-order valence-electron chi connectivity index (χ0n) is 9.74. The normalized spacial score (nSPS) is 19.9.